The second kappa shape index (κ2) is 4.77. The summed E-state index contributed by atoms with van der Waals surface area (Å²) < 4.78 is 0. The van der Waals surface area contributed by atoms with Gasteiger partial charge in [-0.3, -0.25) is 0 Å². The number of aliphatic hydroxyl groups is 3. The van der Waals surface area contributed by atoms with E-state index >= 15 is 0 Å². The van der Waals surface area contributed by atoms with E-state index in [2.05, 4.69) is 0 Å². The molecule has 4 nitrogen and oxygen atoms in total. The molecule has 74 valence electrons. The number of hydrogen-bond acceptors (Lipinski definition) is 4. The van der Waals surface area contributed by atoms with Crippen molar-refractivity contribution < 1.29 is 15.3 Å². The molecule has 0 aromatic heterocycles. The van der Waals surface area contributed by atoms with E-state index in [-0.39, 0.29) is 6.61 Å². The Morgan fingerprint density at radius 3 is 1.67 bits per heavy atom. The first-order valence-corrected chi connectivity index (χ1v) is 4.15. The average molecular weight is 177 g/mol. The van der Waals surface area contributed by atoms with Gasteiger partial charge in [-0.05, 0) is 26.7 Å². The number of hydrogen-bond donors (Lipinski definition) is 4. The third kappa shape index (κ3) is 4.66. The van der Waals surface area contributed by atoms with Gasteiger partial charge in [0.1, 0.15) is 0 Å². The van der Waals surface area contributed by atoms with Gasteiger partial charge in [-0.15, -0.1) is 0 Å². The van der Waals surface area contributed by atoms with Gasteiger partial charge in [-0.1, -0.05) is 0 Å². The molecule has 0 radical (unpaired) electrons. The van der Waals surface area contributed by atoms with Crippen LogP contribution in [0, 0.1) is 0 Å². The van der Waals surface area contributed by atoms with Crippen LogP contribution in [0.15, 0.2) is 0 Å². The zero-order valence-electron chi connectivity index (χ0n) is 7.70. The average Bonchev–Trinajstić information content (AvgIpc) is 1.83. The molecule has 0 saturated heterocycles. The van der Waals surface area contributed by atoms with Gasteiger partial charge in [-0.25, -0.2) is 0 Å². The lowest BCUT2D eigenvalue weighted by Crippen LogP contribution is -2.48. The number of nitrogens with two attached hydrogens (primary N) is 1. The van der Waals surface area contributed by atoms with Crippen LogP contribution in [0.5, 0.6) is 0 Å². The van der Waals surface area contributed by atoms with Crippen LogP contribution in [0.25, 0.3) is 0 Å². The monoisotopic (exact) mass is 177 g/mol. The molecule has 0 heterocycles. The van der Waals surface area contributed by atoms with Crippen LogP contribution in [0.2, 0.25) is 0 Å². The molecule has 0 saturated carbocycles. The van der Waals surface area contributed by atoms with E-state index in [4.69, 9.17) is 21.1 Å². The second-order valence-corrected chi connectivity index (χ2v) is 3.63. The van der Waals surface area contributed by atoms with Crippen molar-refractivity contribution >= 4 is 0 Å². The largest absolute Gasteiger partial charge is 0.394 e. The van der Waals surface area contributed by atoms with Crippen molar-refractivity contribution in [1.82, 2.24) is 0 Å². The molecule has 2 unspecified atom stereocenters. The van der Waals surface area contributed by atoms with Crippen LogP contribution in [-0.2, 0) is 0 Å². The normalized spacial score (nSPS) is 21.5. The summed E-state index contributed by atoms with van der Waals surface area (Å²) in [5.41, 5.74) is 4.87. The molecule has 0 aliphatic heterocycles. The molecule has 0 aromatic rings. The summed E-state index contributed by atoms with van der Waals surface area (Å²) in [4.78, 5) is 0. The first-order chi connectivity index (χ1) is 5.39. The Balaban J connectivity index is 4.04. The van der Waals surface area contributed by atoms with E-state index in [9.17, 15) is 0 Å². The van der Waals surface area contributed by atoms with Gasteiger partial charge in [0.15, 0.2) is 0 Å². The van der Waals surface area contributed by atoms with Gasteiger partial charge < -0.3 is 21.1 Å². The third-order valence-electron chi connectivity index (χ3n) is 1.72. The van der Waals surface area contributed by atoms with Crippen molar-refractivity contribution in [2.45, 2.75) is 44.4 Å². The molecule has 0 aliphatic carbocycles. The van der Waals surface area contributed by atoms with Crippen LogP contribution in [-0.4, -0.2) is 39.7 Å². The number of rotatable bonds is 5. The summed E-state index contributed by atoms with van der Waals surface area (Å²) in [5.74, 6) is 0. The lowest BCUT2D eigenvalue weighted by molar-refractivity contribution is 0.0694. The molecule has 4 heteroatoms. The highest BCUT2D eigenvalue weighted by Crippen LogP contribution is 2.15. The zero-order chi connectivity index (χ0) is 9.78. The van der Waals surface area contributed by atoms with Crippen molar-refractivity contribution in [3.63, 3.8) is 0 Å². The van der Waals surface area contributed by atoms with E-state index in [1.54, 1.807) is 13.8 Å². The first-order valence-electron chi connectivity index (χ1n) is 4.15. The maximum atomic E-state index is 9.06. The molecule has 2 atom stereocenters. The fraction of sp³-hybridized carbons (Fsp3) is 1.00. The Morgan fingerprint density at radius 1 is 1.17 bits per heavy atom. The van der Waals surface area contributed by atoms with Crippen molar-refractivity contribution in [3.8, 4) is 0 Å². The molecule has 0 fully saturated rings. The van der Waals surface area contributed by atoms with Crippen LogP contribution in [0.3, 0.4) is 0 Å². The van der Waals surface area contributed by atoms with Gasteiger partial charge in [0.2, 0.25) is 0 Å². The molecule has 0 rings (SSSR count). The molecular formula is C8H19NO3. The summed E-state index contributed by atoms with van der Waals surface area (Å²) in [7, 11) is 0. The third-order valence-corrected chi connectivity index (χ3v) is 1.72. The van der Waals surface area contributed by atoms with Crippen molar-refractivity contribution in [2.75, 3.05) is 6.61 Å². The summed E-state index contributed by atoms with van der Waals surface area (Å²) in [6.45, 7) is 3.00. The minimum atomic E-state index is -0.859. The summed E-state index contributed by atoms with van der Waals surface area (Å²) in [6, 6.07) is 0. The molecule has 0 aliphatic rings. The summed E-state index contributed by atoms with van der Waals surface area (Å²) in [5, 5.41) is 27.1. The fourth-order valence-corrected chi connectivity index (χ4v) is 1.39. The van der Waals surface area contributed by atoms with E-state index in [1.807, 2.05) is 0 Å². The second-order valence-electron chi connectivity index (χ2n) is 3.63. The van der Waals surface area contributed by atoms with E-state index < -0.39 is 17.7 Å². The maximum Gasteiger partial charge on any atom is 0.0613 e. The predicted octanol–water partition coefficient (Wildman–Crippen LogP) is -0.782. The maximum absolute atomic E-state index is 9.06. The summed E-state index contributed by atoms with van der Waals surface area (Å²) in [6.07, 6.45) is -0.509. The predicted molar refractivity (Wildman–Crippen MR) is 46.6 cm³/mol. The van der Waals surface area contributed by atoms with Crippen molar-refractivity contribution in [1.29, 1.82) is 0 Å². The van der Waals surface area contributed by atoms with Crippen LogP contribution >= 0.6 is 0 Å². The topological polar surface area (TPSA) is 86.7 Å². The number of aliphatic hydroxyl groups excluding tert-OH is 3. The Hall–Kier alpha value is -0.160. The zero-order valence-corrected chi connectivity index (χ0v) is 7.70. The van der Waals surface area contributed by atoms with Crippen molar-refractivity contribution in [3.05, 3.63) is 0 Å². The van der Waals surface area contributed by atoms with Crippen molar-refractivity contribution in [2.24, 2.45) is 5.73 Å². The quantitative estimate of drug-likeness (QED) is 0.443. The molecule has 0 spiro atoms. The van der Waals surface area contributed by atoms with Gasteiger partial charge in [0.25, 0.3) is 0 Å². The molecule has 5 N–H and O–H groups in total. The molecule has 0 amide bonds. The molecule has 0 aromatic carbocycles. The Morgan fingerprint density at radius 2 is 1.50 bits per heavy atom. The Kier molecular flexibility index (Phi) is 4.70. The highest BCUT2D eigenvalue weighted by atomic mass is 16.3. The van der Waals surface area contributed by atoms with Gasteiger partial charge in [0, 0.05) is 5.54 Å². The van der Waals surface area contributed by atoms with E-state index in [0.29, 0.717) is 12.8 Å². The lowest BCUT2D eigenvalue weighted by atomic mass is 9.89. The lowest BCUT2D eigenvalue weighted by Gasteiger charge is -2.29. The standard InChI is InChI=1S/C8H19NO3/c1-6(11)3-8(9,5-10)4-7(2)12/h6-7,10-12H,3-5,9H2,1-2H3. The van der Waals surface area contributed by atoms with Gasteiger partial charge >= 0.3 is 0 Å². The SMILES string of the molecule is CC(O)CC(N)(CO)CC(C)O. The van der Waals surface area contributed by atoms with E-state index in [1.165, 1.54) is 0 Å². The van der Waals surface area contributed by atoms with Gasteiger partial charge in [0.05, 0.1) is 18.8 Å². The highest BCUT2D eigenvalue weighted by molar-refractivity contribution is 4.86. The molecular weight excluding hydrogens is 158 g/mol. The van der Waals surface area contributed by atoms with Crippen LogP contribution < -0.4 is 5.73 Å². The Bertz CT molecular complexity index is 115. The fourth-order valence-electron chi connectivity index (χ4n) is 1.39. The molecule has 0 bridgehead atoms. The van der Waals surface area contributed by atoms with E-state index in [0.717, 1.165) is 0 Å². The van der Waals surface area contributed by atoms with Gasteiger partial charge in [-0.2, -0.15) is 0 Å². The minimum absolute atomic E-state index is 0.219. The summed E-state index contributed by atoms with van der Waals surface area (Å²) >= 11 is 0. The Labute approximate surface area is 73.0 Å². The van der Waals surface area contributed by atoms with Crippen LogP contribution in [0.1, 0.15) is 26.7 Å². The minimum Gasteiger partial charge on any atom is -0.394 e. The molecule has 12 heavy (non-hydrogen) atoms. The smallest absolute Gasteiger partial charge is 0.0613 e. The first kappa shape index (κ1) is 11.8. The highest BCUT2D eigenvalue weighted by Gasteiger charge is 2.27. The van der Waals surface area contributed by atoms with Crippen LogP contribution in [0.4, 0.5) is 0 Å².